The van der Waals surface area contributed by atoms with E-state index in [1.807, 2.05) is 0 Å². The van der Waals surface area contributed by atoms with E-state index in [0.29, 0.717) is 17.2 Å². The molecule has 0 saturated carbocycles. The number of amides is 1. The van der Waals surface area contributed by atoms with Gasteiger partial charge in [0.25, 0.3) is 0 Å². The van der Waals surface area contributed by atoms with E-state index in [2.05, 4.69) is 15.3 Å². The molecule has 0 aliphatic carbocycles. The first-order chi connectivity index (χ1) is 12.2. The van der Waals surface area contributed by atoms with Crippen LogP contribution in [0.2, 0.25) is 0 Å². The highest BCUT2D eigenvalue weighted by atomic mass is 16.6. The Hall–Kier alpha value is -3.42. The molecule has 3 rings (SSSR count). The lowest BCUT2D eigenvalue weighted by Crippen LogP contribution is -2.27. The van der Waals surface area contributed by atoms with E-state index in [0.717, 1.165) is 5.56 Å². The summed E-state index contributed by atoms with van der Waals surface area (Å²) in [6.07, 6.45) is 2.58. The molecule has 26 heavy (non-hydrogen) atoms. The Kier molecular flexibility index (Phi) is 4.33. The summed E-state index contributed by atoms with van der Waals surface area (Å²) in [7, 11) is 0. The molecule has 0 fully saturated rings. The van der Waals surface area contributed by atoms with E-state index in [9.17, 15) is 9.59 Å². The summed E-state index contributed by atoms with van der Waals surface area (Å²) >= 11 is 0. The standard InChI is InChI=1S/C18H18N4O4/c1-18(2,3)26-17(25)21-14-6-4-5-12(19-14)11-7-8-15-20-13(16(23)24)10-22(15)9-11/h4-10H,1-3H3,(H,23,24)(H,19,21,25). The molecule has 0 aromatic carbocycles. The molecule has 0 aliphatic heterocycles. The first kappa shape index (κ1) is 17.4. The Labute approximate surface area is 149 Å². The molecule has 0 radical (unpaired) electrons. The van der Waals surface area contributed by atoms with Gasteiger partial charge in [-0.1, -0.05) is 6.07 Å². The quantitative estimate of drug-likeness (QED) is 0.746. The molecule has 0 saturated heterocycles. The third-order valence-electron chi connectivity index (χ3n) is 3.34. The minimum Gasteiger partial charge on any atom is -0.476 e. The zero-order valence-electron chi connectivity index (χ0n) is 14.6. The lowest BCUT2D eigenvalue weighted by atomic mass is 10.2. The molecule has 8 nitrogen and oxygen atoms in total. The van der Waals surface area contributed by atoms with Gasteiger partial charge in [0, 0.05) is 18.0 Å². The van der Waals surface area contributed by atoms with Gasteiger partial charge in [-0.15, -0.1) is 0 Å². The summed E-state index contributed by atoms with van der Waals surface area (Å²) in [5, 5.41) is 11.6. The average molecular weight is 354 g/mol. The number of nitrogens with one attached hydrogen (secondary N) is 1. The molecule has 3 heterocycles. The van der Waals surface area contributed by atoms with Gasteiger partial charge in [-0.25, -0.2) is 19.6 Å². The minimum absolute atomic E-state index is 0.0320. The van der Waals surface area contributed by atoms with E-state index in [1.54, 1.807) is 61.7 Å². The smallest absolute Gasteiger partial charge is 0.413 e. The SMILES string of the molecule is CC(C)(C)OC(=O)Nc1cccc(-c2ccc3nc(C(=O)O)cn3c2)n1. The Morgan fingerprint density at radius 3 is 2.58 bits per heavy atom. The zero-order valence-corrected chi connectivity index (χ0v) is 14.6. The Morgan fingerprint density at radius 1 is 1.12 bits per heavy atom. The number of aromatic nitrogens is 3. The number of anilines is 1. The van der Waals surface area contributed by atoms with Crippen molar-refractivity contribution in [3.8, 4) is 11.3 Å². The fourth-order valence-corrected chi connectivity index (χ4v) is 2.32. The number of hydrogen-bond donors (Lipinski definition) is 2. The average Bonchev–Trinajstić information content (AvgIpc) is 2.96. The molecule has 1 amide bonds. The van der Waals surface area contributed by atoms with Gasteiger partial charge in [0.15, 0.2) is 5.69 Å². The number of nitrogens with zero attached hydrogens (tertiary/aromatic N) is 3. The highest BCUT2D eigenvalue weighted by Gasteiger charge is 2.17. The Morgan fingerprint density at radius 2 is 1.88 bits per heavy atom. The Balaban J connectivity index is 1.86. The fraction of sp³-hybridized carbons (Fsp3) is 0.222. The number of pyridine rings is 2. The maximum absolute atomic E-state index is 11.9. The van der Waals surface area contributed by atoms with Gasteiger partial charge < -0.3 is 14.2 Å². The molecule has 0 bridgehead atoms. The van der Waals surface area contributed by atoms with E-state index in [-0.39, 0.29) is 5.69 Å². The third kappa shape index (κ3) is 3.97. The van der Waals surface area contributed by atoms with Gasteiger partial charge in [0.1, 0.15) is 17.1 Å². The fourth-order valence-electron chi connectivity index (χ4n) is 2.32. The molecule has 2 N–H and O–H groups in total. The van der Waals surface area contributed by atoms with E-state index >= 15 is 0 Å². The second-order valence-corrected chi connectivity index (χ2v) is 6.65. The maximum atomic E-state index is 11.9. The molecule has 0 unspecified atom stereocenters. The van der Waals surface area contributed by atoms with Crippen molar-refractivity contribution >= 4 is 23.5 Å². The van der Waals surface area contributed by atoms with Crippen molar-refractivity contribution in [3.63, 3.8) is 0 Å². The molecule has 3 aromatic heterocycles. The Bertz CT molecular complexity index is 988. The van der Waals surface area contributed by atoms with Crippen molar-refractivity contribution in [1.29, 1.82) is 0 Å². The number of ether oxygens (including phenoxy) is 1. The van der Waals surface area contributed by atoms with Crippen molar-refractivity contribution < 1.29 is 19.4 Å². The van der Waals surface area contributed by atoms with Gasteiger partial charge in [0.05, 0.1) is 5.69 Å². The topological polar surface area (TPSA) is 106 Å². The van der Waals surface area contributed by atoms with Crippen LogP contribution in [0.5, 0.6) is 0 Å². The van der Waals surface area contributed by atoms with Crippen LogP contribution in [0.15, 0.2) is 42.7 Å². The number of aromatic carboxylic acids is 1. The predicted molar refractivity (Wildman–Crippen MR) is 95.2 cm³/mol. The van der Waals surface area contributed by atoms with Crippen molar-refractivity contribution in [2.24, 2.45) is 0 Å². The van der Waals surface area contributed by atoms with Gasteiger partial charge in [0.2, 0.25) is 0 Å². The minimum atomic E-state index is -1.09. The number of carbonyl (C=O) groups excluding carboxylic acids is 1. The third-order valence-corrected chi connectivity index (χ3v) is 3.34. The van der Waals surface area contributed by atoms with Crippen LogP contribution < -0.4 is 5.32 Å². The zero-order chi connectivity index (χ0) is 18.9. The van der Waals surface area contributed by atoms with E-state index in [1.165, 1.54) is 6.20 Å². The number of carboxylic acid groups (broad SMARTS) is 1. The second-order valence-electron chi connectivity index (χ2n) is 6.65. The highest BCUT2D eigenvalue weighted by Crippen LogP contribution is 2.20. The lowest BCUT2D eigenvalue weighted by Gasteiger charge is -2.19. The molecule has 0 aliphatic rings. The van der Waals surface area contributed by atoms with Crippen LogP contribution in [-0.2, 0) is 4.74 Å². The van der Waals surface area contributed by atoms with E-state index < -0.39 is 17.7 Å². The number of carbonyl (C=O) groups is 2. The highest BCUT2D eigenvalue weighted by molar-refractivity contribution is 5.86. The van der Waals surface area contributed by atoms with Gasteiger partial charge >= 0.3 is 12.1 Å². The van der Waals surface area contributed by atoms with Crippen molar-refractivity contribution in [2.45, 2.75) is 26.4 Å². The molecular weight excluding hydrogens is 336 g/mol. The number of rotatable bonds is 3. The largest absolute Gasteiger partial charge is 0.476 e. The van der Waals surface area contributed by atoms with Crippen LogP contribution >= 0.6 is 0 Å². The summed E-state index contributed by atoms with van der Waals surface area (Å²) in [4.78, 5) is 31.3. The maximum Gasteiger partial charge on any atom is 0.413 e. The first-order valence-electron chi connectivity index (χ1n) is 7.91. The summed E-state index contributed by atoms with van der Waals surface area (Å²) < 4.78 is 6.83. The van der Waals surface area contributed by atoms with Crippen LogP contribution in [-0.4, -0.2) is 37.1 Å². The van der Waals surface area contributed by atoms with Gasteiger partial charge in [-0.2, -0.15) is 0 Å². The molecule has 0 spiro atoms. The molecule has 8 heteroatoms. The van der Waals surface area contributed by atoms with Gasteiger partial charge in [-0.3, -0.25) is 5.32 Å². The van der Waals surface area contributed by atoms with Gasteiger partial charge in [-0.05, 0) is 45.0 Å². The molecule has 0 atom stereocenters. The van der Waals surface area contributed by atoms with Crippen LogP contribution in [0.1, 0.15) is 31.3 Å². The van der Waals surface area contributed by atoms with Crippen LogP contribution in [0.3, 0.4) is 0 Å². The van der Waals surface area contributed by atoms with Crippen molar-refractivity contribution in [1.82, 2.24) is 14.4 Å². The second kappa shape index (κ2) is 6.47. The monoisotopic (exact) mass is 354 g/mol. The molecular formula is C18H18N4O4. The number of imidazole rings is 1. The first-order valence-corrected chi connectivity index (χ1v) is 7.91. The summed E-state index contributed by atoms with van der Waals surface area (Å²) in [5.74, 6) is -0.731. The summed E-state index contributed by atoms with van der Waals surface area (Å²) in [6.45, 7) is 5.34. The molecule has 3 aromatic rings. The van der Waals surface area contributed by atoms with Crippen LogP contribution in [0.25, 0.3) is 16.9 Å². The predicted octanol–water partition coefficient (Wildman–Crippen LogP) is 3.44. The summed E-state index contributed by atoms with van der Waals surface area (Å²) in [6, 6.07) is 8.70. The number of fused-ring (bicyclic) bond motifs is 1. The number of carboxylic acids is 1. The summed E-state index contributed by atoms with van der Waals surface area (Å²) in [5.41, 5.74) is 1.26. The van der Waals surface area contributed by atoms with Crippen LogP contribution in [0.4, 0.5) is 10.6 Å². The van der Waals surface area contributed by atoms with Crippen molar-refractivity contribution in [2.75, 3.05) is 5.32 Å². The van der Waals surface area contributed by atoms with E-state index in [4.69, 9.17) is 9.84 Å². The lowest BCUT2D eigenvalue weighted by molar-refractivity contribution is 0.0633. The van der Waals surface area contributed by atoms with Crippen LogP contribution in [0, 0.1) is 0 Å². The normalized spacial score (nSPS) is 11.3. The molecule has 134 valence electrons. The number of hydrogen-bond acceptors (Lipinski definition) is 5. The van der Waals surface area contributed by atoms with Crippen molar-refractivity contribution in [3.05, 3.63) is 48.4 Å².